The second-order valence-corrected chi connectivity index (χ2v) is 2.09. The van der Waals surface area contributed by atoms with E-state index in [4.69, 9.17) is 5.11 Å². The number of hydrogen-bond acceptors (Lipinski definition) is 2. The molecule has 0 saturated carbocycles. The van der Waals surface area contributed by atoms with Crippen molar-refractivity contribution in [1.82, 2.24) is 0 Å². The summed E-state index contributed by atoms with van der Waals surface area (Å²) >= 11 is 0. The van der Waals surface area contributed by atoms with Gasteiger partial charge >= 0.3 is 5.97 Å². The Labute approximate surface area is 58.8 Å². The lowest BCUT2D eigenvalue weighted by Gasteiger charge is -2.07. The second kappa shape index (κ2) is 4.22. The summed E-state index contributed by atoms with van der Waals surface area (Å²) in [6.07, 6.45) is -2.03. The number of hydrogen-bond donors (Lipinski definition) is 1. The number of aliphatic carboxylic acids is 1. The van der Waals surface area contributed by atoms with Crippen LogP contribution < -0.4 is 0 Å². The summed E-state index contributed by atoms with van der Waals surface area (Å²) in [6, 6.07) is 0. The SMILES string of the molecule is CC(F)COC(C)C(=O)O. The van der Waals surface area contributed by atoms with Crippen molar-refractivity contribution in [3.05, 3.63) is 0 Å². The number of rotatable bonds is 4. The van der Waals surface area contributed by atoms with Crippen molar-refractivity contribution in [3.63, 3.8) is 0 Å². The monoisotopic (exact) mass is 150 g/mol. The summed E-state index contributed by atoms with van der Waals surface area (Å²) < 4.78 is 16.6. The van der Waals surface area contributed by atoms with Crippen molar-refractivity contribution < 1.29 is 19.0 Å². The summed E-state index contributed by atoms with van der Waals surface area (Å²) in [5, 5.41) is 8.25. The van der Waals surface area contributed by atoms with Gasteiger partial charge in [-0.25, -0.2) is 9.18 Å². The van der Waals surface area contributed by atoms with Gasteiger partial charge in [-0.05, 0) is 13.8 Å². The quantitative estimate of drug-likeness (QED) is 0.645. The average molecular weight is 150 g/mol. The van der Waals surface area contributed by atoms with E-state index in [1.165, 1.54) is 13.8 Å². The van der Waals surface area contributed by atoms with E-state index in [0.29, 0.717) is 0 Å². The minimum absolute atomic E-state index is 0.159. The van der Waals surface area contributed by atoms with Crippen LogP contribution in [0.5, 0.6) is 0 Å². The molecule has 2 atom stereocenters. The molecule has 10 heavy (non-hydrogen) atoms. The number of alkyl halides is 1. The van der Waals surface area contributed by atoms with E-state index in [-0.39, 0.29) is 6.61 Å². The van der Waals surface area contributed by atoms with Crippen molar-refractivity contribution in [1.29, 1.82) is 0 Å². The standard InChI is InChI=1S/C6H11FO3/c1-4(7)3-10-5(2)6(8)9/h4-5H,3H2,1-2H3,(H,8,9). The van der Waals surface area contributed by atoms with Gasteiger partial charge in [-0.15, -0.1) is 0 Å². The van der Waals surface area contributed by atoms with Crippen LogP contribution in [0.1, 0.15) is 13.8 Å². The van der Waals surface area contributed by atoms with Crippen molar-refractivity contribution in [2.24, 2.45) is 0 Å². The average Bonchev–Trinajstić information content (AvgIpc) is 1.82. The number of ether oxygens (including phenoxy) is 1. The zero-order valence-corrected chi connectivity index (χ0v) is 6.00. The zero-order valence-electron chi connectivity index (χ0n) is 6.00. The van der Waals surface area contributed by atoms with Gasteiger partial charge in [-0.1, -0.05) is 0 Å². The van der Waals surface area contributed by atoms with E-state index in [2.05, 4.69) is 4.74 Å². The molecule has 60 valence electrons. The van der Waals surface area contributed by atoms with Gasteiger partial charge in [0.2, 0.25) is 0 Å². The van der Waals surface area contributed by atoms with Crippen LogP contribution in [0.4, 0.5) is 4.39 Å². The first-order valence-electron chi connectivity index (χ1n) is 3.02. The van der Waals surface area contributed by atoms with Crippen molar-refractivity contribution >= 4 is 5.97 Å². The summed E-state index contributed by atoms with van der Waals surface area (Å²) in [7, 11) is 0. The zero-order chi connectivity index (χ0) is 8.15. The van der Waals surface area contributed by atoms with Gasteiger partial charge in [0.25, 0.3) is 0 Å². The maximum Gasteiger partial charge on any atom is 0.332 e. The van der Waals surface area contributed by atoms with Crippen molar-refractivity contribution in [2.75, 3.05) is 6.61 Å². The third kappa shape index (κ3) is 4.26. The lowest BCUT2D eigenvalue weighted by atomic mass is 10.4. The van der Waals surface area contributed by atoms with Gasteiger partial charge < -0.3 is 9.84 Å². The molecule has 0 aliphatic carbocycles. The molecule has 0 aromatic carbocycles. The van der Waals surface area contributed by atoms with E-state index in [9.17, 15) is 9.18 Å². The number of carbonyl (C=O) groups is 1. The number of halogens is 1. The van der Waals surface area contributed by atoms with Crippen LogP contribution in [0, 0.1) is 0 Å². The third-order valence-electron chi connectivity index (χ3n) is 0.924. The predicted molar refractivity (Wildman–Crippen MR) is 33.6 cm³/mol. The smallest absolute Gasteiger partial charge is 0.332 e. The van der Waals surface area contributed by atoms with Gasteiger partial charge in [0, 0.05) is 0 Å². The van der Waals surface area contributed by atoms with Crippen LogP contribution >= 0.6 is 0 Å². The Hall–Kier alpha value is -0.640. The van der Waals surface area contributed by atoms with Gasteiger partial charge in [0.15, 0.2) is 6.10 Å². The van der Waals surface area contributed by atoms with E-state index in [1.807, 2.05) is 0 Å². The minimum atomic E-state index is -1.11. The third-order valence-corrected chi connectivity index (χ3v) is 0.924. The van der Waals surface area contributed by atoms with Crippen molar-refractivity contribution in [3.8, 4) is 0 Å². The van der Waals surface area contributed by atoms with Gasteiger partial charge in [-0.3, -0.25) is 0 Å². The summed E-state index contributed by atoms with van der Waals surface area (Å²) in [5.74, 6) is -1.07. The van der Waals surface area contributed by atoms with Crippen LogP contribution in [0.2, 0.25) is 0 Å². The Balaban J connectivity index is 3.40. The molecule has 0 aliphatic rings. The molecule has 0 bridgehead atoms. The Bertz CT molecular complexity index is 114. The Morgan fingerprint density at radius 3 is 2.50 bits per heavy atom. The molecule has 1 N–H and O–H groups in total. The Morgan fingerprint density at radius 2 is 2.20 bits per heavy atom. The number of carboxylic acid groups (broad SMARTS) is 1. The second-order valence-electron chi connectivity index (χ2n) is 2.09. The normalized spacial score (nSPS) is 16.3. The topological polar surface area (TPSA) is 46.5 Å². The lowest BCUT2D eigenvalue weighted by molar-refractivity contribution is -0.149. The summed E-state index contributed by atoms with van der Waals surface area (Å²) in [5.41, 5.74) is 0. The van der Waals surface area contributed by atoms with Gasteiger partial charge in [0.1, 0.15) is 6.17 Å². The molecule has 0 saturated heterocycles. The fraction of sp³-hybridized carbons (Fsp3) is 0.833. The molecule has 0 radical (unpaired) electrons. The fourth-order valence-corrected chi connectivity index (χ4v) is 0.348. The fourth-order valence-electron chi connectivity index (χ4n) is 0.348. The molecule has 0 rings (SSSR count). The van der Waals surface area contributed by atoms with Gasteiger partial charge in [0.05, 0.1) is 6.61 Å². The largest absolute Gasteiger partial charge is 0.479 e. The van der Waals surface area contributed by atoms with E-state index < -0.39 is 18.2 Å². The van der Waals surface area contributed by atoms with Crippen LogP contribution in [-0.4, -0.2) is 30.0 Å². The Kier molecular flexibility index (Phi) is 3.95. The van der Waals surface area contributed by atoms with Crippen LogP contribution in [0.25, 0.3) is 0 Å². The first-order valence-corrected chi connectivity index (χ1v) is 3.02. The molecule has 0 aliphatic heterocycles. The molecule has 0 fully saturated rings. The lowest BCUT2D eigenvalue weighted by Crippen LogP contribution is -2.22. The van der Waals surface area contributed by atoms with E-state index in [0.717, 1.165) is 0 Å². The van der Waals surface area contributed by atoms with Gasteiger partial charge in [-0.2, -0.15) is 0 Å². The first kappa shape index (κ1) is 9.36. The first-order chi connectivity index (χ1) is 4.54. The van der Waals surface area contributed by atoms with Crippen LogP contribution in [-0.2, 0) is 9.53 Å². The highest BCUT2D eigenvalue weighted by atomic mass is 19.1. The molecule has 0 heterocycles. The predicted octanol–water partition coefficient (Wildman–Crippen LogP) is 0.834. The van der Waals surface area contributed by atoms with Crippen LogP contribution in [0.3, 0.4) is 0 Å². The van der Waals surface area contributed by atoms with E-state index in [1.54, 1.807) is 0 Å². The molecule has 0 amide bonds. The molecule has 3 nitrogen and oxygen atoms in total. The van der Waals surface area contributed by atoms with E-state index >= 15 is 0 Å². The Morgan fingerprint density at radius 1 is 1.70 bits per heavy atom. The highest BCUT2D eigenvalue weighted by Crippen LogP contribution is 1.95. The maximum atomic E-state index is 12.0. The number of carboxylic acids is 1. The van der Waals surface area contributed by atoms with Crippen molar-refractivity contribution in [2.45, 2.75) is 26.1 Å². The summed E-state index contributed by atoms with van der Waals surface area (Å²) in [4.78, 5) is 10.1. The van der Waals surface area contributed by atoms with Crippen LogP contribution in [0.15, 0.2) is 0 Å². The summed E-state index contributed by atoms with van der Waals surface area (Å²) in [6.45, 7) is 2.52. The molecule has 4 heteroatoms. The molecule has 0 aromatic rings. The minimum Gasteiger partial charge on any atom is -0.479 e. The molecule has 0 aromatic heterocycles. The molecular formula is C6H11FO3. The maximum absolute atomic E-state index is 12.0. The molecule has 2 unspecified atom stereocenters. The molecule has 0 spiro atoms. The highest BCUT2D eigenvalue weighted by Gasteiger charge is 2.11. The molecular weight excluding hydrogens is 139 g/mol. The highest BCUT2D eigenvalue weighted by molar-refractivity contribution is 5.71.